The van der Waals surface area contributed by atoms with E-state index in [1.165, 1.54) is 6.07 Å². The van der Waals surface area contributed by atoms with Crippen molar-refractivity contribution in [2.75, 3.05) is 10.5 Å². The summed E-state index contributed by atoms with van der Waals surface area (Å²) < 4.78 is 40.5. The van der Waals surface area contributed by atoms with Crippen LogP contribution in [0.4, 0.5) is 10.1 Å². The molecule has 1 heterocycles. The molecule has 7 heteroatoms. The van der Waals surface area contributed by atoms with Crippen LogP contribution in [-0.4, -0.2) is 19.2 Å². The maximum absolute atomic E-state index is 13.6. The van der Waals surface area contributed by atoms with Crippen molar-refractivity contribution in [1.29, 1.82) is 0 Å². The number of aromatic amines is 1. The molecule has 0 atom stereocenters. The van der Waals surface area contributed by atoms with Crippen LogP contribution in [0, 0.1) is 12.7 Å². The third-order valence-corrected chi connectivity index (χ3v) is 5.19. The number of benzene rings is 2. The Balaban J connectivity index is 1.78. The third kappa shape index (κ3) is 4.06. The lowest BCUT2D eigenvalue weighted by atomic mass is 10.1. The summed E-state index contributed by atoms with van der Waals surface area (Å²) in [4.78, 5) is 14.4. The van der Waals surface area contributed by atoms with Crippen LogP contribution < -0.4 is 10.3 Å². The van der Waals surface area contributed by atoms with E-state index in [1.807, 2.05) is 0 Å². The molecule has 1 aromatic heterocycles. The van der Waals surface area contributed by atoms with Gasteiger partial charge in [0.2, 0.25) is 10.0 Å². The lowest BCUT2D eigenvalue weighted by molar-refractivity contribution is 0.595. The van der Waals surface area contributed by atoms with Crippen molar-refractivity contribution in [2.24, 2.45) is 0 Å². The Kier molecular flexibility index (Phi) is 4.59. The first-order valence-corrected chi connectivity index (χ1v) is 9.37. The Labute approximate surface area is 144 Å². The van der Waals surface area contributed by atoms with Crippen molar-refractivity contribution in [3.05, 3.63) is 75.8 Å². The number of pyridine rings is 1. The summed E-state index contributed by atoms with van der Waals surface area (Å²) in [5, 5.41) is 0.811. The molecule has 0 unspecified atom stereocenters. The van der Waals surface area contributed by atoms with E-state index in [0.29, 0.717) is 22.3 Å². The number of hydrogen-bond donors (Lipinski definition) is 2. The molecule has 2 N–H and O–H groups in total. The lowest BCUT2D eigenvalue weighted by Gasteiger charge is -2.09. The summed E-state index contributed by atoms with van der Waals surface area (Å²) in [6, 6.07) is 12.8. The molecule has 0 fully saturated rings. The number of H-pyrrole nitrogens is 1. The van der Waals surface area contributed by atoms with Gasteiger partial charge in [0, 0.05) is 5.56 Å². The standard InChI is InChI=1S/C18H17FN2O3S/c1-12-10-14-6-7-15(11-17(14)20-18(12)22)21-25(23,24)9-8-13-4-2-3-5-16(13)19/h2-7,10-11,21H,8-9H2,1H3,(H,20,22). The minimum Gasteiger partial charge on any atom is -0.322 e. The van der Waals surface area contributed by atoms with Gasteiger partial charge < -0.3 is 4.98 Å². The van der Waals surface area contributed by atoms with Crippen LogP contribution in [0.5, 0.6) is 0 Å². The topological polar surface area (TPSA) is 79.0 Å². The van der Waals surface area contributed by atoms with Gasteiger partial charge in [-0.2, -0.15) is 0 Å². The maximum Gasteiger partial charge on any atom is 0.251 e. The van der Waals surface area contributed by atoms with Crippen LogP contribution in [0.2, 0.25) is 0 Å². The minimum atomic E-state index is -3.65. The molecule has 0 amide bonds. The highest BCUT2D eigenvalue weighted by atomic mass is 32.2. The van der Waals surface area contributed by atoms with Crippen LogP contribution in [0.25, 0.3) is 10.9 Å². The summed E-state index contributed by atoms with van der Waals surface area (Å²) in [7, 11) is -3.65. The Morgan fingerprint density at radius 3 is 2.64 bits per heavy atom. The van der Waals surface area contributed by atoms with Crippen molar-refractivity contribution in [1.82, 2.24) is 4.98 Å². The third-order valence-electron chi connectivity index (χ3n) is 3.90. The van der Waals surface area contributed by atoms with E-state index < -0.39 is 15.8 Å². The molecule has 3 aromatic rings. The van der Waals surface area contributed by atoms with Crippen LogP contribution in [0.3, 0.4) is 0 Å². The minimum absolute atomic E-state index is 0.0750. The smallest absolute Gasteiger partial charge is 0.251 e. The molecule has 3 rings (SSSR count). The fraction of sp³-hybridized carbons (Fsp3) is 0.167. The molecule has 0 saturated carbocycles. The van der Waals surface area contributed by atoms with E-state index in [-0.39, 0.29) is 17.7 Å². The largest absolute Gasteiger partial charge is 0.322 e. The lowest BCUT2D eigenvalue weighted by Crippen LogP contribution is -2.18. The molecule has 25 heavy (non-hydrogen) atoms. The van der Waals surface area contributed by atoms with Crippen LogP contribution in [0.1, 0.15) is 11.1 Å². The summed E-state index contributed by atoms with van der Waals surface area (Å²) in [5.74, 6) is -0.660. The molecule has 5 nitrogen and oxygen atoms in total. The molecule has 130 valence electrons. The number of nitrogens with one attached hydrogen (secondary N) is 2. The van der Waals surface area contributed by atoms with Gasteiger partial charge in [-0.1, -0.05) is 24.3 Å². The summed E-state index contributed by atoms with van der Waals surface area (Å²) in [6.45, 7) is 1.71. The number of halogens is 1. The Bertz CT molecular complexity index is 1090. The van der Waals surface area contributed by atoms with Crippen molar-refractivity contribution >= 4 is 26.6 Å². The molecule has 0 radical (unpaired) electrons. The summed E-state index contributed by atoms with van der Waals surface area (Å²) in [6.07, 6.45) is 0.0750. The van der Waals surface area contributed by atoms with Gasteiger partial charge >= 0.3 is 0 Å². The molecule has 0 aliphatic rings. The number of sulfonamides is 1. The van der Waals surface area contributed by atoms with Crippen LogP contribution in [0.15, 0.2) is 53.3 Å². The highest BCUT2D eigenvalue weighted by molar-refractivity contribution is 7.92. The average Bonchev–Trinajstić information content (AvgIpc) is 2.55. The van der Waals surface area contributed by atoms with Crippen LogP contribution >= 0.6 is 0 Å². The van der Waals surface area contributed by atoms with Crippen molar-refractivity contribution < 1.29 is 12.8 Å². The molecule has 0 aliphatic heterocycles. The zero-order valence-electron chi connectivity index (χ0n) is 13.5. The average molecular weight is 360 g/mol. The van der Waals surface area contributed by atoms with E-state index >= 15 is 0 Å². The van der Waals surface area contributed by atoms with E-state index in [4.69, 9.17) is 0 Å². The highest BCUT2D eigenvalue weighted by Crippen LogP contribution is 2.18. The van der Waals surface area contributed by atoms with Gasteiger partial charge in [-0.05, 0) is 48.6 Å². The fourth-order valence-corrected chi connectivity index (χ4v) is 3.63. The summed E-state index contributed by atoms with van der Waals surface area (Å²) in [5.41, 5.74) is 1.62. The normalized spacial score (nSPS) is 11.6. The quantitative estimate of drug-likeness (QED) is 0.734. The number of aryl methyl sites for hydroxylation is 2. The first-order valence-electron chi connectivity index (χ1n) is 7.72. The van der Waals surface area contributed by atoms with Crippen molar-refractivity contribution in [2.45, 2.75) is 13.3 Å². The zero-order valence-corrected chi connectivity index (χ0v) is 14.4. The van der Waals surface area contributed by atoms with Gasteiger partial charge in [0.05, 0.1) is 17.0 Å². The monoisotopic (exact) mass is 360 g/mol. The maximum atomic E-state index is 13.6. The molecule has 2 aromatic carbocycles. The zero-order chi connectivity index (χ0) is 18.0. The van der Waals surface area contributed by atoms with Crippen molar-refractivity contribution in [3.8, 4) is 0 Å². The van der Waals surface area contributed by atoms with E-state index in [0.717, 1.165) is 5.39 Å². The number of hydrogen-bond acceptors (Lipinski definition) is 3. The number of anilines is 1. The van der Waals surface area contributed by atoms with Gasteiger partial charge in [-0.25, -0.2) is 12.8 Å². The second-order valence-electron chi connectivity index (χ2n) is 5.85. The first-order chi connectivity index (χ1) is 11.8. The Morgan fingerprint density at radius 2 is 1.88 bits per heavy atom. The second-order valence-corrected chi connectivity index (χ2v) is 7.69. The van der Waals surface area contributed by atoms with E-state index in [2.05, 4.69) is 9.71 Å². The van der Waals surface area contributed by atoms with Gasteiger partial charge in [-0.3, -0.25) is 9.52 Å². The Hall–Kier alpha value is -2.67. The fourth-order valence-electron chi connectivity index (χ4n) is 2.55. The molecule has 0 bridgehead atoms. The van der Waals surface area contributed by atoms with E-state index in [1.54, 1.807) is 49.4 Å². The number of fused-ring (bicyclic) bond motifs is 1. The Morgan fingerprint density at radius 1 is 1.12 bits per heavy atom. The van der Waals surface area contributed by atoms with Gasteiger partial charge in [0.15, 0.2) is 0 Å². The predicted molar refractivity (Wildman–Crippen MR) is 96.8 cm³/mol. The molecule has 0 saturated heterocycles. The highest BCUT2D eigenvalue weighted by Gasteiger charge is 2.13. The number of aromatic nitrogens is 1. The van der Waals surface area contributed by atoms with Crippen molar-refractivity contribution in [3.63, 3.8) is 0 Å². The molecular formula is C18H17FN2O3S. The number of rotatable bonds is 5. The molecular weight excluding hydrogens is 343 g/mol. The van der Waals surface area contributed by atoms with E-state index in [9.17, 15) is 17.6 Å². The molecule has 0 aliphatic carbocycles. The SMILES string of the molecule is Cc1cc2ccc(NS(=O)(=O)CCc3ccccc3F)cc2[nH]c1=O. The van der Waals surface area contributed by atoms with Gasteiger partial charge in [0.25, 0.3) is 5.56 Å². The van der Waals surface area contributed by atoms with Gasteiger partial charge in [-0.15, -0.1) is 0 Å². The molecule has 0 spiro atoms. The van der Waals surface area contributed by atoms with Gasteiger partial charge in [0.1, 0.15) is 5.82 Å². The van der Waals surface area contributed by atoms with Crippen LogP contribution in [-0.2, 0) is 16.4 Å². The second kappa shape index (κ2) is 6.68. The first kappa shape index (κ1) is 17.2. The summed E-state index contributed by atoms with van der Waals surface area (Å²) >= 11 is 0. The predicted octanol–water partition coefficient (Wildman–Crippen LogP) is 2.96.